The van der Waals surface area contributed by atoms with Crippen LogP contribution in [-0.4, -0.2) is 48.0 Å². The van der Waals surface area contributed by atoms with Crippen LogP contribution in [0, 0.1) is 23.2 Å². The van der Waals surface area contributed by atoms with Gasteiger partial charge in [-0.2, -0.15) is 0 Å². The van der Waals surface area contributed by atoms with Gasteiger partial charge in [0.15, 0.2) is 0 Å². The Balaban J connectivity index is 1.29. The molecule has 0 radical (unpaired) electrons. The van der Waals surface area contributed by atoms with Crippen molar-refractivity contribution in [2.45, 2.75) is 63.8 Å². The maximum absolute atomic E-state index is 12.9. The average Bonchev–Trinajstić information content (AvgIpc) is 3.07. The number of likely N-dealkylation sites (tertiary alicyclic amines) is 1. The summed E-state index contributed by atoms with van der Waals surface area (Å²) in [5.41, 5.74) is 1.07. The highest BCUT2D eigenvalue weighted by atomic mass is 35.5. The van der Waals surface area contributed by atoms with E-state index in [1.54, 1.807) is 0 Å². The number of aliphatic hydroxyl groups is 2. The largest absolute Gasteiger partial charge is 0.461 e. The van der Waals surface area contributed by atoms with Crippen molar-refractivity contribution in [1.29, 1.82) is 0 Å². The molecule has 5 rings (SSSR count). The number of allylic oxidation sites excluding steroid dienone is 1. The van der Waals surface area contributed by atoms with Crippen LogP contribution in [-0.2, 0) is 15.1 Å². The Morgan fingerprint density at radius 3 is 2.59 bits per heavy atom. The summed E-state index contributed by atoms with van der Waals surface area (Å²) in [6.07, 6.45) is 5.67. The van der Waals surface area contributed by atoms with E-state index < -0.39 is 11.7 Å². The molecule has 5 nitrogen and oxygen atoms in total. The number of nitrogens with one attached hydrogen (secondary N) is 1. The van der Waals surface area contributed by atoms with Gasteiger partial charge < -0.3 is 19.8 Å². The summed E-state index contributed by atoms with van der Waals surface area (Å²) in [7, 11) is 0. The summed E-state index contributed by atoms with van der Waals surface area (Å²) in [4.78, 5) is 14.2. The average molecular weight is 461 g/mol. The van der Waals surface area contributed by atoms with Gasteiger partial charge in [0.05, 0.1) is 25.7 Å². The Labute approximate surface area is 195 Å². The van der Waals surface area contributed by atoms with Crippen molar-refractivity contribution in [1.82, 2.24) is 0 Å². The zero-order chi connectivity index (χ0) is 22.7. The minimum absolute atomic E-state index is 0.144. The maximum atomic E-state index is 12.9. The first-order chi connectivity index (χ1) is 15.2. The van der Waals surface area contributed by atoms with Gasteiger partial charge in [-0.3, -0.25) is 4.79 Å². The fraction of sp³-hybridized carbons (Fsp3) is 0.654. The molecule has 4 aliphatic rings. The number of rotatable bonds is 3. The number of halogens is 1. The highest BCUT2D eigenvalue weighted by molar-refractivity contribution is 6.30. The summed E-state index contributed by atoms with van der Waals surface area (Å²) in [5.74, 6) is -0.180. The summed E-state index contributed by atoms with van der Waals surface area (Å²) in [6, 6.07) is 7.45. The molecule has 6 heteroatoms. The van der Waals surface area contributed by atoms with Gasteiger partial charge >= 0.3 is 5.97 Å². The number of carbonyl (C=O) groups excluding carboxylic acids is 1. The van der Waals surface area contributed by atoms with Crippen LogP contribution in [0.5, 0.6) is 0 Å². The highest BCUT2D eigenvalue weighted by Crippen LogP contribution is 2.55. The van der Waals surface area contributed by atoms with Crippen molar-refractivity contribution in [3.05, 3.63) is 46.5 Å². The lowest BCUT2D eigenvalue weighted by Crippen LogP contribution is -3.14. The lowest BCUT2D eigenvalue weighted by molar-refractivity contribution is -0.910. The molecule has 32 heavy (non-hydrogen) atoms. The van der Waals surface area contributed by atoms with E-state index >= 15 is 0 Å². The molecule has 0 spiro atoms. The second-order valence-corrected chi connectivity index (χ2v) is 11.2. The number of piperidine rings is 1. The van der Waals surface area contributed by atoms with Crippen molar-refractivity contribution in [3.8, 4) is 0 Å². The normalized spacial score (nSPS) is 43.8. The number of esters is 1. The fourth-order valence-corrected chi connectivity index (χ4v) is 7.00. The van der Waals surface area contributed by atoms with Crippen LogP contribution < -0.4 is 4.90 Å². The van der Waals surface area contributed by atoms with Gasteiger partial charge in [-0.05, 0) is 36.5 Å². The smallest absolute Gasteiger partial charge is 0.315 e. The Morgan fingerprint density at radius 1 is 1.22 bits per heavy atom. The van der Waals surface area contributed by atoms with Crippen LogP contribution in [0.2, 0.25) is 5.02 Å². The molecule has 0 bridgehead atoms. The van der Waals surface area contributed by atoms with Crippen molar-refractivity contribution in [2.24, 2.45) is 23.2 Å². The molecule has 3 fully saturated rings. The molecule has 1 aromatic rings. The molecule has 0 amide bonds. The molecule has 1 aromatic carbocycles. The van der Waals surface area contributed by atoms with Crippen molar-refractivity contribution in [3.63, 3.8) is 0 Å². The minimum atomic E-state index is -0.845. The SMILES string of the molecule is C[C@H]1CCC=C2C[C@H]3OC(=O)[C@H](C[NH+]4CCC(O)(c5ccc(Cl)cc5)CC4)[C@H]3[C@@H](O)[C@@]21C. The van der Waals surface area contributed by atoms with Crippen LogP contribution in [0.4, 0.5) is 0 Å². The van der Waals surface area contributed by atoms with Crippen LogP contribution in [0.1, 0.15) is 51.5 Å². The lowest BCUT2D eigenvalue weighted by Gasteiger charge is -2.51. The van der Waals surface area contributed by atoms with Crippen molar-refractivity contribution < 1.29 is 24.6 Å². The van der Waals surface area contributed by atoms with E-state index in [1.165, 1.54) is 10.5 Å². The number of hydrogen-bond acceptors (Lipinski definition) is 4. The Hall–Kier alpha value is -1.40. The zero-order valence-corrected chi connectivity index (χ0v) is 19.8. The lowest BCUT2D eigenvalue weighted by atomic mass is 9.55. The van der Waals surface area contributed by atoms with Crippen LogP contribution >= 0.6 is 11.6 Å². The third kappa shape index (κ3) is 3.53. The highest BCUT2D eigenvalue weighted by Gasteiger charge is 2.60. The number of benzene rings is 1. The first-order valence-electron chi connectivity index (χ1n) is 12.1. The van der Waals surface area contributed by atoms with E-state index in [2.05, 4.69) is 19.9 Å². The van der Waals surface area contributed by atoms with Crippen LogP contribution in [0.15, 0.2) is 35.9 Å². The standard InChI is InChI=1S/C26H34ClNO4/c1-16-4-3-5-18-14-21-22(23(29)25(16,18)2)20(24(30)32-21)15-28-12-10-26(31,11-13-28)17-6-8-19(27)9-7-17/h5-9,16,20-23,29,31H,3-4,10-15H2,1-2H3/p+1/t16-,20+,21+,22+,23+,25+/m0/s1. The quantitative estimate of drug-likeness (QED) is 0.478. The molecule has 2 aliphatic carbocycles. The summed E-state index contributed by atoms with van der Waals surface area (Å²) >= 11 is 6.00. The van der Waals surface area contributed by atoms with Crippen molar-refractivity contribution in [2.75, 3.05) is 19.6 Å². The number of quaternary nitrogens is 1. The predicted molar refractivity (Wildman–Crippen MR) is 122 cm³/mol. The van der Waals surface area contributed by atoms with Crippen molar-refractivity contribution >= 4 is 17.6 Å². The summed E-state index contributed by atoms with van der Waals surface area (Å²) in [6.45, 7) is 6.65. The Bertz CT molecular complexity index is 907. The first-order valence-corrected chi connectivity index (χ1v) is 12.5. The van der Waals surface area contributed by atoms with Crippen LogP contribution in [0.25, 0.3) is 0 Å². The molecule has 3 N–H and O–H groups in total. The zero-order valence-electron chi connectivity index (χ0n) is 19.0. The monoisotopic (exact) mass is 460 g/mol. The number of ether oxygens (including phenoxy) is 1. The molecule has 2 saturated heterocycles. The first kappa shape index (κ1) is 22.4. The van der Waals surface area contributed by atoms with Gasteiger partial charge in [-0.25, -0.2) is 0 Å². The summed E-state index contributed by atoms with van der Waals surface area (Å²) < 4.78 is 5.83. The molecule has 1 saturated carbocycles. The number of fused-ring (bicyclic) bond motifs is 2. The third-order valence-electron chi connectivity index (χ3n) is 9.24. The van der Waals surface area contributed by atoms with E-state index in [-0.39, 0.29) is 29.3 Å². The van der Waals surface area contributed by atoms with Gasteiger partial charge in [0.25, 0.3) is 0 Å². The molecule has 2 heterocycles. The Kier molecular flexibility index (Phi) is 5.68. The second-order valence-electron chi connectivity index (χ2n) is 10.8. The van der Waals surface area contributed by atoms with E-state index in [0.717, 1.165) is 37.9 Å². The fourth-order valence-electron chi connectivity index (χ4n) is 6.88. The van der Waals surface area contributed by atoms with Gasteiger partial charge in [0.2, 0.25) is 0 Å². The van der Waals surface area contributed by atoms with Gasteiger partial charge in [-0.1, -0.05) is 49.2 Å². The number of hydrogen-bond donors (Lipinski definition) is 3. The van der Waals surface area contributed by atoms with E-state index in [9.17, 15) is 15.0 Å². The molecule has 2 aliphatic heterocycles. The van der Waals surface area contributed by atoms with Crippen LogP contribution in [0.3, 0.4) is 0 Å². The van der Waals surface area contributed by atoms with E-state index in [0.29, 0.717) is 30.3 Å². The van der Waals surface area contributed by atoms with Gasteiger partial charge in [0, 0.05) is 35.6 Å². The van der Waals surface area contributed by atoms with E-state index in [1.807, 2.05) is 24.3 Å². The molecule has 0 aromatic heterocycles. The van der Waals surface area contributed by atoms with E-state index in [4.69, 9.17) is 16.3 Å². The van der Waals surface area contributed by atoms with Gasteiger partial charge in [-0.15, -0.1) is 0 Å². The van der Waals surface area contributed by atoms with Gasteiger partial charge in [0.1, 0.15) is 17.6 Å². The topological polar surface area (TPSA) is 71.2 Å². The minimum Gasteiger partial charge on any atom is -0.461 e. The molecular formula is C26H35ClNO4+. The molecule has 174 valence electrons. The number of aliphatic hydroxyl groups excluding tert-OH is 1. The molecular weight excluding hydrogens is 426 g/mol. The molecule has 0 unspecified atom stereocenters. The maximum Gasteiger partial charge on any atom is 0.315 e. The summed E-state index contributed by atoms with van der Waals surface area (Å²) in [5, 5.41) is 23.4. The number of carbonyl (C=O) groups is 1. The predicted octanol–water partition coefficient (Wildman–Crippen LogP) is 2.49. The third-order valence-corrected chi connectivity index (χ3v) is 9.50. The Morgan fingerprint density at radius 2 is 1.91 bits per heavy atom. The second kappa shape index (κ2) is 8.12. The molecule has 6 atom stereocenters.